The van der Waals surface area contributed by atoms with Crippen LogP contribution in [-0.4, -0.2) is 8.75 Å². The van der Waals surface area contributed by atoms with Crippen LogP contribution in [0.4, 0.5) is 0 Å². The quantitative estimate of drug-likeness (QED) is 0.596. The SMILES string of the molecule is ClS1=NSc2nsnc21. The molecule has 0 spiro atoms. The molecular formula is C2ClN3S3. The predicted octanol–water partition coefficient (Wildman–Crippen LogP) is 1.87. The van der Waals surface area contributed by atoms with Crippen molar-refractivity contribution in [1.29, 1.82) is 0 Å². The number of nitrogens with zero attached hydrogens (tertiary/aromatic N) is 3. The predicted molar refractivity (Wildman–Crippen MR) is 39.7 cm³/mol. The van der Waals surface area contributed by atoms with Gasteiger partial charge in [-0.25, -0.2) is 0 Å². The summed E-state index contributed by atoms with van der Waals surface area (Å²) < 4.78 is 11.9. The highest BCUT2D eigenvalue weighted by Crippen LogP contribution is 2.34. The van der Waals surface area contributed by atoms with Crippen molar-refractivity contribution in [3.8, 4) is 0 Å². The third kappa shape index (κ3) is 0.899. The monoisotopic (exact) mass is 197 g/mol. The van der Waals surface area contributed by atoms with Crippen molar-refractivity contribution in [2.45, 2.75) is 10.1 Å². The summed E-state index contributed by atoms with van der Waals surface area (Å²) in [4.78, 5) is 0. The molecule has 0 aliphatic carbocycles. The summed E-state index contributed by atoms with van der Waals surface area (Å²) in [7, 11) is 5.21. The van der Waals surface area contributed by atoms with Crippen LogP contribution in [0.1, 0.15) is 0 Å². The Morgan fingerprint density at radius 1 is 1.44 bits per heavy atom. The van der Waals surface area contributed by atoms with Gasteiger partial charge in [-0.05, 0) is 10.7 Å². The summed E-state index contributed by atoms with van der Waals surface area (Å²) in [6, 6.07) is 0. The van der Waals surface area contributed by atoms with E-state index >= 15 is 0 Å². The molecule has 1 atom stereocenters. The van der Waals surface area contributed by atoms with E-state index in [1.807, 2.05) is 0 Å². The maximum atomic E-state index is 5.73. The number of aromatic nitrogens is 2. The van der Waals surface area contributed by atoms with Crippen LogP contribution in [0.5, 0.6) is 0 Å². The minimum Gasteiger partial charge on any atom is -0.166 e. The summed E-state index contributed by atoms with van der Waals surface area (Å²) in [6.07, 6.45) is 0. The van der Waals surface area contributed by atoms with Crippen LogP contribution in [0, 0.1) is 0 Å². The molecule has 7 heteroatoms. The summed E-state index contributed by atoms with van der Waals surface area (Å²) in [5.74, 6) is 0. The van der Waals surface area contributed by atoms with E-state index in [-0.39, 0.29) is 0 Å². The molecule has 1 aliphatic rings. The van der Waals surface area contributed by atoms with Crippen LogP contribution >= 0.6 is 34.4 Å². The molecule has 0 saturated carbocycles. The van der Waals surface area contributed by atoms with Crippen molar-refractivity contribution in [1.82, 2.24) is 8.75 Å². The van der Waals surface area contributed by atoms with E-state index in [1.165, 1.54) is 23.7 Å². The van der Waals surface area contributed by atoms with Crippen molar-refractivity contribution in [2.24, 2.45) is 3.77 Å². The van der Waals surface area contributed by atoms with Crippen molar-refractivity contribution < 1.29 is 0 Å². The summed E-state index contributed by atoms with van der Waals surface area (Å²) in [5, 5.41) is 1.71. The van der Waals surface area contributed by atoms with Gasteiger partial charge >= 0.3 is 0 Å². The van der Waals surface area contributed by atoms with Gasteiger partial charge < -0.3 is 0 Å². The lowest BCUT2D eigenvalue weighted by Crippen LogP contribution is -1.74. The van der Waals surface area contributed by atoms with E-state index in [4.69, 9.17) is 10.7 Å². The van der Waals surface area contributed by atoms with Gasteiger partial charge in [0.1, 0.15) is 0 Å². The first-order chi connectivity index (χ1) is 4.38. The zero-order chi connectivity index (χ0) is 6.27. The average Bonchev–Trinajstić information content (AvgIpc) is 2.35. The maximum absolute atomic E-state index is 5.73. The second kappa shape index (κ2) is 2.19. The Hall–Kier alpha value is 0.350. The first kappa shape index (κ1) is 6.09. The Morgan fingerprint density at radius 3 is 3.11 bits per heavy atom. The van der Waals surface area contributed by atoms with Crippen LogP contribution in [0.3, 0.4) is 0 Å². The summed E-state index contributed by atoms with van der Waals surface area (Å²) >= 11 is 2.51. The van der Waals surface area contributed by atoms with E-state index < -0.39 is 9.90 Å². The van der Waals surface area contributed by atoms with Crippen molar-refractivity contribution in [3.63, 3.8) is 0 Å². The van der Waals surface area contributed by atoms with E-state index in [0.717, 1.165) is 10.1 Å². The van der Waals surface area contributed by atoms with E-state index in [1.54, 1.807) is 0 Å². The smallest absolute Gasteiger partial charge is 0.166 e. The fraction of sp³-hybridized carbons (Fsp3) is 0. The van der Waals surface area contributed by atoms with Crippen molar-refractivity contribution in [3.05, 3.63) is 0 Å². The molecule has 3 nitrogen and oxygen atoms in total. The Balaban J connectivity index is 2.62. The number of hydrogen-bond donors (Lipinski definition) is 0. The fourth-order valence-electron chi connectivity index (χ4n) is 0.434. The number of halogens is 1. The number of rotatable bonds is 0. The van der Waals surface area contributed by atoms with Crippen molar-refractivity contribution in [2.75, 3.05) is 0 Å². The maximum Gasteiger partial charge on any atom is 0.172 e. The molecule has 2 heterocycles. The average molecular weight is 198 g/mol. The van der Waals surface area contributed by atoms with Gasteiger partial charge in [0.05, 0.1) is 21.6 Å². The first-order valence-corrected chi connectivity index (χ1v) is 5.50. The lowest BCUT2D eigenvalue weighted by atomic mass is 10.9. The molecule has 0 N–H and O–H groups in total. The standard InChI is InChI=1S/C2ClN3S3/c3-9-2-1(7-6-9)4-8-5-2. The Bertz CT molecular complexity index is 268. The van der Waals surface area contributed by atoms with Crippen molar-refractivity contribution >= 4 is 44.3 Å². The van der Waals surface area contributed by atoms with E-state index in [0.29, 0.717) is 0 Å². The molecule has 9 heavy (non-hydrogen) atoms. The van der Waals surface area contributed by atoms with Gasteiger partial charge in [-0.15, -0.1) is 0 Å². The van der Waals surface area contributed by atoms with Crippen LogP contribution in [0.15, 0.2) is 13.8 Å². The zero-order valence-corrected chi connectivity index (χ0v) is 7.15. The van der Waals surface area contributed by atoms with Crippen LogP contribution in [-0.2, 0) is 9.90 Å². The molecule has 1 aromatic heterocycles. The topological polar surface area (TPSA) is 38.1 Å². The minimum absolute atomic E-state index is 0.520. The molecule has 0 aromatic carbocycles. The van der Waals surface area contributed by atoms with Gasteiger partial charge in [0.2, 0.25) is 0 Å². The second-order valence-corrected chi connectivity index (χ2v) is 4.71. The Kier molecular flexibility index (Phi) is 1.48. The summed E-state index contributed by atoms with van der Waals surface area (Å²) in [5.41, 5.74) is 0. The number of hydrogen-bond acceptors (Lipinski definition) is 5. The molecule has 48 valence electrons. The Labute approximate surface area is 66.9 Å². The largest absolute Gasteiger partial charge is 0.172 e. The molecule has 2 rings (SSSR count). The molecule has 0 saturated heterocycles. The van der Waals surface area contributed by atoms with Gasteiger partial charge in [-0.3, -0.25) is 0 Å². The molecule has 1 aliphatic heterocycles. The molecule has 0 amide bonds. The molecular weight excluding hydrogens is 198 g/mol. The molecule has 0 radical (unpaired) electrons. The Morgan fingerprint density at radius 2 is 2.33 bits per heavy atom. The molecule has 1 unspecified atom stereocenters. The van der Waals surface area contributed by atoms with Crippen LogP contribution in [0.25, 0.3) is 0 Å². The zero-order valence-electron chi connectivity index (χ0n) is 3.94. The lowest BCUT2D eigenvalue weighted by Gasteiger charge is -1.77. The first-order valence-electron chi connectivity index (χ1n) is 1.99. The second-order valence-electron chi connectivity index (χ2n) is 1.28. The van der Waals surface area contributed by atoms with Crippen LogP contribution < -0.4 is 0 Å². The summed E-state index contributed by atoms with van der Waals surface area (Å²) in [6.45, 7) is 0. The number of fused-ring (bicyclic) bond motifs is 1. The van der Waals surface area contributed by atoms with Gasteiger partial charge in [0.15, 0.2) is 10.1 Å². The van der Waals surface area contributed by atoms with Crippen LogP contribution in [0.2, 0.25) is 0 Å². The highest BCUT2D eigenvalue weighted by Gasteiger charge is 2.18. The molecule has 0 bridgehead atoms. The minimum atomic E-state index is -0.520. The molecule has 0 fully saturated rings. The van der Waals surface area contributed by atoms with Gasteiger partial charge in [0.25, 0.3) is 0 Å². The fourth-order valence-corrected chi connectivity index (χ4v) is 3.84. The molecule has 1 aromatic rings. The normalized spacial score (nSPS) is 23.4. The van der Waals surface area contributed by atoms with E-state index in [9.17, 15) is 0 Å². The van der Waals surface area contributed by atoms with Gasteiger partial charge in [0, 0.05) is 11.9 Å². The third-order valence-electron chi connectivity index (χ3n) is 0.779. The van der Waals surface area contributed by atoms with Gasteiger partial charge in [-0.2, -0.15) is 12.5 Å². The highest BCUT2D eigenvalue weighted by atomic mass is 35.7. The van der Waals surface area contributed by atoms with Gasteiger partial charge in [-0.1, -0.05) is 0 Å². The lowest BCUT2D eigenvalue weighted by molar-refractivity contribution is 1.10. The van der Waals surface area contributed by atoms with E-state index in [2.05, 4.69) is 12.5 Å². The third-order valence-corrected chi connectivity index (χ3v) is 4.50. The highest BCUT2D eigenvalue weighted by molar-refractivity contribution is 8.18.